The smallest absolute Gasteiger partial charge is 0.335 e. The molecule has 3 aromatic carbocycles. The van der Waals surface area contributed by atoms with Crippen LogP contribution in [-0.2, 0) is 20.7 Å². The Bertz CT molecular complexity index is 1210. The number of hydrogen-bond donors (Lipinski definition) is 1. The highest BCUT2D eigenvalue weighted by Crippen LogP contribution is 2.25. The Morgan fingerprint density at radius 3 is 1.84 bits per heavy atom. The molecule has 0 amide bonds. The largest absolute Gasteiger partial charge is 0.490 e. The summed E-state index contributed by atoms with van der Waals surface area (Å²) in [5.74, 6) is 0.438. The average molecular weight is 515 g/mol. The quantitative estimate of drug-likeness (QED) is 0.256. The van der Waals surface area contributed by atoms with Crippen LogP contribution in [0.5, 0.6) is 5.75 Å². The van der Waals surface area contributed by atoms with E-state index in [2.05, 4.69) is 61.5 Å². The van der Waals surface area contributed by atoms with Crippen molar-refractivity contribution in [2.24, 2.45) is 0 Å². The van der Waals surface area contributed by atoms with E-state index in [4.69, 9.17) is 19.3 Å². The summed E-state index contributed by atoms with van der Waals surface area (Å²) in [4.78, 5) is 12.1. The first kappa shape index (κ1) is 28.9. The third-order valence-electron chi connectivity index (χ3n) is 6.31. The number of esters is 1. The summed E-state index contributed by atoms with van der Waals surface area (Å²) >= 11 is 0. The van der Waals surface area contributed by atoms with Crippen LogP contribution in [0.25, 0.3) is 22.3 Å². The molecule has 0 unspecified atom stereocenters. The third-order valence-corrected chi connectivity index (χ3v) is 6.31. The molecule has 0 fully saturated rings. The Kier molecular flexibility index (Phi) is 11.3. The normalized spacial score (nSPS) is 12.8. The topological polar surface area (TPSA) is 65.0 Å². The van der Waals surface area contributed by atoms with Gasteiger partial charge in [-0.2, -0.15) is 0 Å². The predicted molar refractivity (Wildman–Crippen MR) is 154 cm³/mol. The zero-order valence-electron chi connectivity index (χ0n) is 22.8. The zero-order chi connectivity index (χ0) is 27.3. The third kappa shape index (κ3) is 8.44. The second-order valence-corrected chi connectivity index (χ2v) is 8.97. The average Bonchev–Trinajstić information content (AvgIpc) is 2.94. The van der Waals surface area contributed by atoms with Gasteiger partial charge in [0.25, 0.3) is 0 Å². The molecule has 5 nitrogen and oxygen atoms in total. The first-order valence-electron chi connectivity index (χ1n) is 13.1. The van der Waals surface area contributed by atoms with Gasteiger partial charge in [0.2, 0.25) is 0 Å². The minimum atomic E-state index is -0.596. The molecule has 0 saturated carbocycles. The molecule has 3 rings (SSSR count). The van der Waals surface area contributed by atoms with Crippen LogP contribution in [-0.4, -0.2) is 43.6 Å². The van der Waals surface area contributed by atoms with Crippen molar-refractivity contribution < 1.29 is 24.1 Å². The van der Waals surface area contributed by atoms with Gasteiger partial charge in [-0.15, -0.1) is 0 Å². The number of benzene rings is 3. The van der Waals surface area contributed by atoms with E-state index < -0.39 is 6.10 Å². The van der Waals surface area contributed by atoms with E-state index >= 15 is 0 Å². The number of carbonyl (C=O) groups excluding carboxylic acids is 1. The van der Waals surface area contributed by atoms with E-state index in [1.165, 1.54) is 0 Å². The number of allylic oxidation sites excluding steroid dienone is 2. The summed E-state index contributed by atoms with van der Waals surface area (Å²) < 4.78 is 16.6. The van der Waals surface area contributed by atoms with Gasteiger partial charge in [-0.05, 0) is 84.9 Å². The molecule has 0 aliphatic carbocycles. The van der Waals surface area contributed by atoms with Gasteiger partial charge < -0.3 is 19.3 Å². The highest BCUT2D eigenvalue weighted by atomic mass is 16.6. The summed E-state index contributed by atoms with van der Waals surface area (Å²) in [6.07, 6.45) is 3.75. The Hall–Kier alpha value is -3.67. The van der Waals surface area contributed by atoms with Gasteiger partial charge in [0.15, 0.2) is 6.10 Å². The molecule has 1 N–H and O–H groups in total. The molecule has 38 heavy (non-hydrogen) atoms. The van der Waals surface area contributed by atoms with Crippen LogP contribution in [0.3, 0.4) is 0 Å². The van der Waals surface area contributed by atoms with Gasteiger partial charge in [-0.1, -0.05) is 66.7 Å². The molecule has 0 spiro atoms. The predicted octanol–water partition coefficient (Wildman–Crippen LogP) is 6.74. The lowest BCUT2D eigenvalue weighted by molar-refractivity contribution is -0.156. The molecule has 0 aliphatic heterocycles. The Labute approximate surface area is 226 Å². The SMILES string of the molecule is CCOC(=O)[C@H](Cc1ccc(OC/C=C(\C)c2ccc(-c3ccc(/C(C)=C/CO)cc3)cc2)cc1)OCC. The molecule has 0 aromatic heterocycles. The second kappa shape index (κ2) is 14.9. The number of hydrogen-bond acceptors (Lipinski definition) is 5. The first-order chi connectivity index (χ1) is 18.4. The lowest BCUT2D eigenvalue weighted by Gasteiger charge is -2.15. The molecule has 5 heteroatoms. The Morgan fingerprint density at radius 2 is 1.34 bits per heavy atom. The molecule has 0 bridgehead atoms. The monoisotopic (exact) mass is 514 g/mol. The first-order valence-corrected chi connectivity index (χ1v) is 13.1. The second-order valence-electron chi connectivity index (χ2n) is 8.97. The van der Waals surface area contributed by atoms with Gasteiger partial charge in [-0.25, -0.2) is 4.79 Å². The zero-order valence-corrected chi connectivity index (χ0v) is 22.8. The molecule has 0 aliphatic rings. The van der Waals surface area contributed by atoms with Crippen molar-refractivity contribution in [3.8, 4) is 16.9 Å². The van der Waals surface area contributed by atoms with Gasteiger partial charge in [0.1, 0.15) is 12.4 Å². The summed E-state index contributed by atoms with van der Waals surface area (Å²) in [5, 5.41) is 9.09. The minimum Gasteiger partial charge on any atom is -0.490 e. The van der Waals surface area contributed by atoms with Crippen LogP contribution in [0.1, 0.15) is 44.4 Å². The van der Waals surface area contributed by atoms with E-state index in [-0.39, 0.29) is 12.6 Å². The lowest BCUT2D eigenvalue weighted by atomic mass is 9.98. The molecular weight excluding hydrogens is 476 g/mol. The molecule has 200 valence electrons. The fourth-order valence-corrected chi connectivity index (χ4v) is 4.07. The molecule has 0 saturated heterocycles. The van der Waals surface area contributed by atoms with Crippen molar-refractivity contribution in [2.75, 3.05) is 26.4 Å². The van der Waals surface area contributed by atoms with Gasteiger partial charge in [-0.3, -0.25) is 0 Å². The molecule has 0 radical (unpaired) electrons. The van der Waals surface area contributed by atoms with Crippen LogP contribution >= 0.6 is 0 Å². The van der Waals surface area contributed by atoms with Crippen molar-refractivity contribution in [3.05, 3.63) is 102 Å². The van der Waals surface area contributed by atoms with Crippen molar-refractivity contribution in [2.45, 2.75) is 40.2 Å². The molecular formula is C33H38O5. The summed E-state index contributed by atoms with van der Waals surface area (Å²) in [6.45, 7) is 9.04. The van der Waals surface area contributed by atoms with Crippen molar-refractivity contribution >= 4 is 17.1 Å². The van der Waals surface area contributed by atoms with E-state index in [0.717, 1.165) is 44.7 Å². The van der Waals surface area contributed by atoms with Crippen molar-refractivity contribution in [1.29, 1.82) is 0 Å². The maximum absolute atomic E-state index is 12.1. The number of ether oxygens (including phenoxy) is 3. The lowest BCUT2D eigenvalue weighted by Crippen LogP contribution is -2.28. The minimum absolute atomic E-state index is 0.0487. The number of carbonyl (C=O) groups is 1. The van der Waals surface area contributed by atoms with E-state index in [1.54, 1.807) is 6.92 Å². The van der Waals surface area contributed by atoms with E-state index in [1.807, 2.05) is 44.2 Å². The fourth-order valence-electron chi connectivity index (χ4n) is 4.07. The summed E-state index contributed by atoms with van der Waals surface area (Å²) in [7, 11) is 0. The number of rotatable bonds is 13. The van der Waals surface area contributed by atoms with E-state index in [9.17, 15) is 4.79 Å². The van der Waals surface area contributed by atoms with E-state index in [0.29, 0.717) is 26.2 Å². The maximum Gasteiger partial charge on any atom is 0.335 e. The Balaban J connectivity index is 1.55. The van der Waals surface area contributed by atoms with Crippen LogP contribution in [0.2, 0.25) is 0 Å². The van der Waals surface area contributed by atoms with Crippen LogP contribution in [0.15, 0.2) is 84.9 Å². The highest BCUT2D eigenvalue weighted by molar-refractivity contribution is 5.75. The number of aliphatic hydroxyl groups excluding tert-OH is 1. The summed E-state index contributed by atoms with van der Waals surface area (Å²) in [5.41, 5.74) is 7.76. The fraction of sp³-hybridized carbons (Fsp3) is 0.303. The van der Waals surface area contributed by atoms with Gasteiger partial charge >= 0.3 is 5.97 Å². The summed E-state index contributed by atoms with van der Waals surface area (Å²) in [6, 6.07) is 24.6. The maximum atomic E-state index is 12.1. The van der Waals surface area contributed by atoms with Gasteiger partial charge in [0.05, 0.1) is 13.2 Å². The standard InChI is InChI=1S/C33H38O5/c1-5-36-32(33(35)37-6-2)23-26-7-17-31(18-8-26)38-22-20-25(4)28-11-15-30(16-12-28)29-13-9-27(10-14-29)24(3)19-21-34/h7-20,32,34H,5-6,21-23H2,1-4H3/b24-19+,25-20+/t32-/m0/s1. The number of aliphatic hydroxyl groups is 1. The molecule has 3 aromatic rings. The van der Waals surface area contributed by atoms with Crippen molar-refractivity contribution in [1.82, 2.24) is 0 Å². The molecule has 0 heterocycles. The van der Waals surface area contributed by atoms with Crippen LogP contribution < -0.4 is 4.74 Å². The van der Waals surface area contributed by atoms with Crippen molar-refractivity contribution in [3.63, 3.8) is 0 Å². The Morgan fingerprint density at radius 1 is 0.789 bits per heavy atom. The van der Waals surface area contributed by atoms with Crippen LogP contribution in [0.4, 0.5) is 0 Å². The highest BCUT2D eigenvalue weighted by Gasteiger charge is 2.20. The van der Waals surface area contributed by atoms with Crippen LogP contribution in [0, 0.1) is 0 Å². The van der Waals surface area contributed by atoms with Gasteiger partial charge in [0, 0.05) is 13.0 Å². The molecule has 1 atom stereocenters.